The van der Waals surface area contributed by atoms with Crippen LogP contribution < -0.4 is 15.6 Å². The molecule has 0 atom stereocenters. The van der Waals surface area contributed by atoms with E-state index >= 15 is 0 Å². The van der Waals surface area contributed by atoms with Gasteiger partial charge in [0.15, 0.2) is 6.61 Å². The van der Waals surface area contributed by atoms with Crippen LogP contribution >= 0.6 is 0 Å². The lowest BCUT2D eigenvalue weighted by Gasteiger charge is -2.10. The van der Waals surface area contributed by atoms with Crippen molar-refractivity contribution in [3.63, 3.8) is 0 Å². The van der Waals surface area contributed by atoms with Crippen molar-refractivity contribution in [1.82, 2.24) is 25.8 Å². The maximum atomic E-state index is 12.2. The quantitative estimate of drug-likeness (QED) is 0.671. The molecule has 8 heteroatoms. The fourth-order valence-electron chi connectivity index (χ4n) is 2.53. The van der Waals surface area contributed by atoms with Crippen LogP contribution in [0.5, 0.6) is 5.75 Å². The molecule has 3 rings (SSSR count). The molecular weight excluding hydrogens is 346 g/mol. The third kappa shape index (κ3) is 4.22. The van der Waals surface area contributed by atoms with Gasteiger partial charge in [0, 0.05) is 12.1 Å². The molecule has 0 unspecified atom stereocenters. The molecule has 8 nitrogen and oxygen atoms in total. The average Bonchev–Trinajstić information content (AvgIpc) is 3.09. The Kier molecular flexibility index (Phi) is 5.35. The zero-order chi connectivity index (χ0) is 19.4. The summed E-state index contributed by atoms with van der Waals surface area (Å²) in [6, 6.07) is 10.6. The van der Waals surface area contributed by atoms with E-state index in [4.69, 9.17) is 4.74 Å². The van der Waals surface area contributed by atoms with E-state index in [1.54, 1.807) is 28.9 Å². The highest BCUT2D eigenvalue weighted by molar-refractivity contribution is 5.98. The topological polar surface area (TPSA) is 98.1 Å². The molecule has 1 heterocycles. The van der Waals surface area contributed by atoms with Crippen molar-refractivity contribution in [2.45, 2.75) is 27.3 Å². The Hall–Kier alpha value is -3.42. The van der Waals surface area contributed by atoms with Crippen molar-refractivity contribution in [3.8, 4) is 5.75 Å². The SMILES string of the molecule is CCn1nnc2cc(C(=O)NNC(=O)COc3ccc(C)c(C)c3)ccc21. The first-order valence-corrected chi connectivity index (χ1v) is 8.60. The highest BCUT2D eigenvalue weighted by atomic mass is 16.5. The first-order valence-electron chi connectivity index (χ1n) is 8.60. The van der Waals surface area contributed by atoms with Crippen molar-refractivity contribution in [2.24, 2.45) is 0 Å². The van der Waals surface area contributed by atoms with E-state index < -0.39 is 11.8 Å². The minimum Gasteiger partial charge on any atom is -0.484 e. The van der Waals surface area contributed by atoms with E-state index in [0.717, 1.165) is 16.6 Å². The molecule has 2 N–H and O–H groups in total. The number of hydrazine groups is 1. The van der Waals surface area contributed by atoms with Gasteiger partial charge in [-0.15, -0.1) is 5.10 Å². The number of hydrogen-bond donors (Lipinski definition) is 2. The van der Waals surface area contributed by atoms with Gasteiger partial charge in [-0.05, 0) is 62.2 Å². The molecule has 3 aromatic rings. The van der Waals surface area contributed by atoms with Gasteiger partial charge >= 0.3 is 0 Å². The first kappa shape index (κ1) is 18.4. The zero-order valence-corrected chi connectivity index (χ0v) is 15.4. The molecule has 0 saturated carbocycles. The number of rotatable bonds is 5. The third-order valence-corrected chi connectivity index (χ3v) is 4.24. The normalized spacial score (nSPS) is 10.6. The number of amides is 2. The second-order valence-electron chi connectivity index (χ2n) is 6.15. The summed E-state index contributed by atoms with van der Waals surface area (Å²) in [5.41, 5.74) is 8.78. The van der Waals surface area contributed by atoms with Gasteiger partial charge in [0.2, 0.25) is 0 Å². The lowest BCUT2D eigenvalue weighted by Crippen LogP contribution is -2.43. The summed E-state index contributed by atoms with van der Waals surface area (Å²) in [6.45, 7) is 6.43. The molecule has 0 aliphatic rings. The van der Waals surface area contributed by atoms with E-state index in [2.05, 4.69) is 21.2 Å². The molecule has 2 amide bonds. The number of carbonyl (C=O) groups is 2. The molecule has 0 radical (unpaired) electrons. The maximum absolute atomic E-state index is 12.2. The standard InChI is InChI=1S/C19H21N5O3/c1-4-24-17-8-6-14(10-16(17)20-23-24)19(26)22-21-18(25)11-27-15-7-5-12(2)13(3)9-15/h5-10H,4,11H2,1-3H3,(H,21,25)(H,22,26). The number of nitrogens with one attached hydrogen (secondary N) is 2. The van der Waals surface area contributed by atoms with E-state index in [1.807, 2.05) is 32.9 Å². The molecular formula is C19H21N5O3. The fraction of sp³-hybridized carbons (Fsp3) is 0.263. The summed E-state index contributed by atoms with van der Waals surface area (Å²) in [7, 11) is 0. The molecule has 27 heavy (non-hydrogen) atoms. The van der Waals surface area contributed by atoms with Crippen LogP contribution in [0.15, 0.2) is 36.4 Å². The molecule has 0 spiro atoms. The van der Waals surface area contributed by atoms with Crippen LogP contribution in [0.4, 0.5) is 0 Å². The van der Waals surface area contributed by atoms with E-state index in [9.17, 15) is 9.59 Å². The molecule has 2 aromatic carbocycles. The zero-order valence-electron chi connectivity index (χ0n) is 15.4. The minimum atomic E-state index is -0.459. The molecule has 0 aliphatic heterocycles. The molecule has 0 fully saturated rings. The maximum Gasteiger partial charge on any atom is 0.276 e. The Morgan fingerprint density at radius 3 is 2.63 bits per heavy atom. The Morgan fingerprint density at radius 2 is 1.89 bits per heavy atom. The summed E-state index contributed by atoms with van der Waals surface area (Å²) < 4.78 is 7.17. The molecule has 0 saturated heterocycles. The molecule has 0 aliphatic carbocycles. The number of aryl methyl sites for hydroxylation is 3. The fourth-order valence-corrected chi connectivity index (χ4v) is 2.53. The van der Waals surface area contributed by atoms with Crippen molar-refractivity contribution in [1.29, 1.82) is 0 Å². The van der Waals surface area contributed by atoms with Crippen molar-refractivity contribution in [3.05, 3.63) is 53.1 Å². The number of hydrogen-bond acceptors (Lipinski definition) is 5. The van der Waals surface area contributed by atoms with Gasteiger partial charge in [-0.1, -0.05) is 11.3 Å². The molecule has 140 valence electrons. The predicted octanol–water partition coefficient (Wildman–Crippen LogP) is 1.91. The van der Waals surface area contributed by atoms with Gasteiger partial charge in [0.05, 0.1) is 5.52 Å². The monoisotopic (exact) mass is 367 g/mol. The van der Waals surface area contributed by atoms with Crippen molar-refractivity contribution >= 4 is 22.8 Å². The second kappa shape index (κ2) is 7.86. The first-order chi connectivity index (χ1) is 13.0. The van der Waals surface area contributed by atoms with Crippen LogP contribution in [-0.4, -0.2) is 33.4 Å². The van der Waals surface area contributed by atoms with Crippen LogP contribution in [-0.2, 0) is 11.3 Å². The van der Waals surface area contributed by atoms with Gasteiger partial charge in [0.25, 0.3) is 11.8 Å². The highest BCUT2D eigenvalue weighted by Crippen LogP contribution is 2.16. The summed E-state index contributed by atoms with van der Waals surface area (Å²) in [4.78, 5) is 24.1. The van der Waals surface area contributed by atoms with E-state index in [-0.39, 0.29) is 6.61 Å². The number of ether oxygens (including phenoxy) is 1. The number of carbonyl (C=O) groups excluding carboxylic acids is 2. The van der Waals surface area contributed by atoms with E-state index in [0.29, 0.717) is 23.4 Å². The summed E-state index contributed by atoms with van der Waals surface area (Å²) >= 11 is 0. The summed E-state index contributed by atoms with van der Waals surface area (Å²) in [5, 5.41) is 8.03. The summed E-state index contributed by atoms with van der Waals surface area (Å²) in [5.74, 6) is -0.300. The second-order valence-corrected chi connectivity index (χ2v) is 6.15. The van der Waals surface area contributed by atoms with Crippen LogP contribution in [0.2, 0.25) is 0 Å². The lowest BCUT2D eigenvalue weighted by molar-refractivity contribution is -0.123. The Labute approximate surface area is 156 Å². The van der Waals surface area contributed by atoms with Gasteiger partial charge in [-0.25, -0.2) is 4.68 Å². The lowest BCUT2D eigenvalue weighted by atomic mass is 10.1. The van der Waals surface area contributed by atoms with Gasteiger partial charge in [-0.3, -0.25) is 20.4 Å². The van der Waals surface area contributed by atoms with E-state index in [1.165, 1.54) is 0 Å². The van der Waals surface area contributed by atoms with Gasteiger partial charge < -0.3 is 4.74 Å². The minimum absolute atomic E-state index is 0.202. The van der Waals surface area contributed by atoms with Crippen molar-refractivity contribution in [2.75, 3.05) is 6.61 Å². The number of nitrogens with zero attached hydrogens (tertiary/aromatic N) is 3. The Balaban J connectivity index is 1.53. The predicted molar refractivity (Wildman–Crippen MR) is 100 cm³/mol. The largest absolute Gasteiger partial charge is 0.484 e. The van der Waals surface area contributed by atoms with Crippen molar-refractivity contribution < 1.29 is 14.3 Å². The Bertz CT molecular complexity index is 996. The van der Waals surface area contributed by atoms with Crippen LogP contribution in [0, 0.1) is 13.8 Å². The van der Waals surface area contributed by atoms with Crippen LogP contribution in [0.3, 0.4) is 0 Å². The number of aromatic nitrogens is 3. The summed E-state index contributed by atoms with van der Waals surface area (Å²) in [6.07, 6.45) is 0. The third-order valence-electron chi connectivity index (χ3n) is 4.24. The Morgan fingerprint density at radius 1 is 1.07 bits per heavy atom. The molecule has 1 aromatic heterocycles. The molecule has 0 bridgehead atoms. The van der Waals surface area contributed by atoms with Gasteiger partial charge in [-0.2, -0.15) is 0 Å². The van der Waals surface area contributed by atoms with Crippen LogP contribution in [0.25, 0.3) is 11.0 Å². The number of benzene rings is 2. The van der Waals surface area contributed by atoms with Gasteiger partial charge in [0.1, 0.15) is 11.3 Å². The number of fused-ring (bicyclic) bond motifs is 1. The average molecular weight is 367 g/mol. The highest BCUT2D eigenvalue weighted by Gasteiger charge is 2.11. The smallest absolute Gasteiger partial charge is 0.276 e. The van der Waals surface area contributed by atoms with Crippen LogP contribution in [0.1, 0.15) is 28.4 Å².